The summed E-state index contributed by atoms with van der Waals surface area (Å²) in [5, 5.41) is 5.33. The van der Waals surface area contributed by atoms with Crippen molar-refractivity contribution in [2.24, 2.45) is 4.99 Å². The molecule has 1 aliphatic rings. The molecule has 2 rings (SSSR count). The molecule has 0 fully saturated rings. The summed E-state index contributed by atoms with van der Waals surface area (Å²) in [5.74, 6) is 1.06. The average molecular weight is 275 g/mol. The Morgan fingerprint density at radius 3 is 2.88 bits per heavy atom. The molecule has 1 heterocycles. The predicted molar refractivity (Wildman–Crippen MR) is 74.1 cm³/mol. The van der Waals surface area contributed by atoms with Crippen molar-refractivity contribution >= 4 is 45.8 Å². The second-order valence-electron chi connectivity index (χ2n) is 3.56. The van der Waals surface area contributed by atoms with E-state index in [1.165, 1.54) is 0 Å². The number of thioether (sulfide) groups is 1. The number of rotatable bonds is 2. The minimum Gasteiger partial charge on any atom is -0.335 e. The minimum atomic E-state index is 0.440. The fourth-order valence-corrected chi connectivity index (χ4v) is 2.76. The number of amidine groups is 1. The first-order chi connectivity index (χ1) is 7.69. The molecule has 0 aliphatic carbocycles. The molecular formula is C11H12Cl2N2S. The van der Waals surface area contributed by atoms with E-state index in [1.807, 2.05) is 12.1 Å². The Bertz CT molecular complexity index is 420. The van der Waals surface area contributed by atoms with E-state index in [2.05, 4.69) is 17.2 Å². The lowest BCUT2D eigenvalue weighted by Gasteiger charge is -2.05. The number of hydrogen-bond acceptors (Lipinski definition) is 3. The molecule has 0 saturated carbocycles. The van der Waals surface area contributed by atoms with Crippen LogP contribution in [0.4, 0.5) is 5.69 Å². The molecule has 2 nitrogen and oxygen atoms in total. The van der Waals surface area contributed by atoms with Crippen molar-refractivity contribution in [3.63, 3.8) is 0 Å². The standard InChI is InChI=1S/C11H12Cl2N2S/c1-2-7-6-16-11(14-7)15-8-3-4-9(12)10(13)5-8/h3-5,7H,2,6H2,1H3,(H,14,15)/t7-/m1/s1. The summed E-state index contributed by atoms with van der Waals surface area (Å²) in [5.41, 5.74) is 0.928. The molecule has 1 atom stereocenters. The summed E-state index contributed by atoms with van der Waals surface area (Å²) in [6, 6.07) is 5.93. The van der Waals surface area contributed by atoms with Crippen molar-refractivity contribution in [3.8, 4) is 0 Å². The van der Waals surface area contributed by atoms with Crippen LogP contribution in [-0.4, -0.2) is 17.0 Å². The van der Waals surface area contributed by atoms with Gasteiger partial charge in [0, 0.05) is 11.4 Å². The van der Waals surface area contributed by atoms with Gasteiger partial charge < -0.3 is 5.32 Å². The van der Waals surface area contributed by atoms with Crippen molar-refractivity contribution in [3.05, 3.63) is 28.2 Å². The second kappa shape index (κ2) is 5.30. The molecular weight excluding hydrogens is 263 g/mol. The minimum absolute atomic E-state index is 0.440. The first kappa shape index (κ1) is 12.1. The molecule has 1 aromatic rings. The lowest BCUT2D eigenvalue weighted by Crippen LogP contribution is -2.05. The van der Waals surface area contributed by atoms with Crippen LogP contribution in [0.5, 0.6) is 0 Å². The summed E-state index contributed by atoms with van der Waals surface area (Å²) in [6.45, 7) is 2.15. The van der Waals surface area contributed by atoms with Crippen molar-refractivity contribution in [2.45, 2.75) is 19.4 Å². The zero-order valence-corrected chi connectivity index (χ0v) is 11.2. The molecule has 0 spiro atoms. The third-order valence-corrected chi connectivity index (χ3v) is 4.13. The van der Waals surface area contributed by atoms with Crippen molar-refractivity contribution < 1.29 is 0 Å². The summed E-state index contributed by atoms with van der Waals surface area (Å²) in [4.78, 5) is 4.55. The van der Waals surface area contributed by atoms with Crippen LogP contribution in [-0.2, 0) is 0 Å². The predicted octanol–water partition coefficient (Wildman–Crippen LogP) is 4.29. The Morgan fingerprint density at radius 1 is 1.44 bits per heavy atom. The highest BCUT2D eigenvalue weighted by molar-refractivity contribution is 8.14. The van der Waals surface area contributed by atoms with Gasteiger partial charge in [-0.05, 0) is 24.6 Å². The third kappa shape index (κ3) is 2.84. The molecule has 5 heteroatoms. The average Bonchev–Trinajstić information content (AvgIpc) is 2.71. The van der Waals surface area contributed by atoms with Gasteiger partial charge in [0.2, 0.25) is 0 Å². The van der Waals surface area contributed by atoms with Crippen LogP contribution >= 0.6 is 35.0 Å². The molecule has 0 amide bonds. The van der Waals surface area contributed by atoms with Gasteiger partial charge >= 0.3 is 0 Å². The van der Waals surface area contributed by atoms with E-state index in [9.17, 15) is 0 Å². The molecule has 0 aromatic heterocycles. The molecule has 0 radical (unpaired) electrons. The van der Waals surface area contributed by atoms with E-state index in [0.717, 1.165) is 23.0 Å². The lowest BCUT2D eigenvalue weighted by atomic mass is 10.3. The van der Waals surface area contributed by atoms with Gasteiger partial charge in [0.25, 0.3) is 0 Å². The monoisotopic (exact) mass is 274 g/mol. The fraction of sp³-hybridized carbons (Fsp3) is 0.364. The summed E-state index contributed by atoms with van der Waals surface area (Å²) in [7, 11) is 0. The van der Waals surface area contributed by atoms with Crippen LogP contribution in [0.3, 0.4) is 0 Å². The van der Waals surface area contributed by atoms with Gasteiger partial charge in [0.1, 0.15) is 0 Å². The number of hydrogen-bond donors (Lipinski definition) is 1. The first-order valence-electron chi connectivity index (χ1n) is 5.11. The van der Waals surface area contributed by atoms with Gasteiger partial charge in [0.05, 0.1) is 16.1 Å². The van der Waals surface area contributed by atoms with E-state index in [0.29, 0.717) is 16.1 Å². The Balaban J connectivity index is 2.07. The molecule has 1 aromatic carbocycles. The van der Waals surface area contributed by atoms with Crippen LogP contribution in [0.1, 0.15) is 13.3 Å². The third-order valence-electron chi connectivity index (χ3n) is 2.35. The maximum Gasteiger partial charge on any atom is 0.161 e. The van der Waals surface area contributed by atoms with Gasteiger partial charge in [-0.2, -0.15) is 0 Å². The lowest BCUT2D eigenvalue weighted by molar-refractivity contribution is 0.738. The fourth-order valence-electron chi connectivity index (χ4n) is 1.39. The summed E-state index contributed by atoms with van der Waals surface area (Å²) in [6.07, 6.45) is 1.08. The zero-order valence-electron chi connectivity index (χ0n) is 8.84. The smallest absolute Gasteiger partial charge is 0.161 e. The van der Waals surface area contributed by atoms with Gasteiger partial charge in [-0.15, -0.1) is 0 Å². The Labute approximate surface area is 109 Å². The molecule has 0 unspecified atom stereocenters. The Hall–Kier alpha value is -0.380. The number of anilines is 1. The van der Waals surface area contributed by atoms with E-state index >= 15 is 0 Å². The topological polar surface area (TPSA) is 24.4 Å². The zero-order chi connectivity index (χ0) is 11.5. The summed E-state index contributed by atoms with van der Waals surface area (Å²) >= 11 is 13.5. The van der Waals surface area contributed by atoms with Gasteiger partial charge in [-0.25, -0.2) is 0 Å². The van der Waals surface area contributed by atoms with E-state index in [-0.39, 0.29) is 0 Å². The Kier molecular flexibility index (Phi) is 4.00. The van der Waals surface area contributed by atoms with Crippen molar-refractivity contribution in [1.82, 2.24) is 0 Å². The number of nitrogens with zero attached hydrogens (tertiary/aromatic N) is 1. The Morgan fingerprint density at radius 2 is 2.25 bits per heavy atom. The highest BCUT2D eigenvalue weighted by Crippen LogP contribution is 2.27. The highest BCUT2D eigenvalue weighted by atomic mass is 35.5. The van der Waals surface area contributed by atoms with Crippen molar-refractivity contribution in [1.29, 1.82) is 0 Å². The van der Waals surface area contributed by atoms with E-state index in [4.69, 9.17) is 23.2 Å². The second-order valence-corrected chi connectivity index (χ2v) is 5.38. The molecule has 1 N–H and O–H groups in total. The van der Waals surface area contributed by atoms with Gasteiger partial charge in [-0.1, -0.05) is 41.9 Å². The van der Waals surface area contributed by atoms with E-state index < -0.39 is 0 Å². The molecule has 86 valence electrons. The number of nitrogens with one attached hydrogen (secondary N) is 1. The van der Waals surface area contributed by atoms with Crippen LogP contribution in [0, 0.1) is 0 Å². The maximum absolute atomic E-state index is 5.94. The van der Waals surface area contributed by atoms with Crippen LogP contribution < -0.4 is 5.32 Å². The number of benzene rings is 1. The van der Waals surface area contributed by atoms with Crippen LogP contribution in [0.15, 0.2) is 23.2 Å². The van der Waals surface area contributed by atoms with Crippen molar-refractivity contribution in [2.75, 3.05) is 11.1 Å². The molecule has 0 saturated heterocycles. The van der Waals surface area contributed by atoms with Gasteiger partial charge in [0.15, 0.2) is 5.17 Å². The largest absolute Gasteiger partial charge is 0.335 e. The maximum atomic E-state index is 5.94. The first-order valence-corrected chi connectivity index (χ1v) is 6.86. The van der Waals surface area contributed by atoms with Crippen LogP contribution in [0.2, 0.25) is 10.0 Å². The molecule has 0 bridgehead atoms. The number of aliphatic imine (C=N–C) groups is 1. The summed E-state index contributed by atoms with van der Waals surface area (Å²) < 4.78 is 0. The van der Waals surface area contributed by atoms with E-state index in [1.54, 1.807) is 17.8 Å². The molecule has 16 heavy (non-hydrogen) atoms. The normalized spacial score (nSPS) is 19.7. The quantitative estimate of drug-likeness (QED) is 0.870. The highest BCUT2D eigenvalue weighted by Gasteiger charge is 2.16. The van der Waals surface area contributed by atoms with Crippen LogP contribution in [0.25, 0.3) is 0 Å². The molecule has 1 aliphatic heterocycles. The SMILES string of the molecule is CC[C@@H]1CSC(Nc2ccc(Cl)c(Cl)c2)=N1. The number of halogens is 2. The van der Waals surface area contributed by atoms with Gasteiger partial charge in [-0.3, -0.25) is 4.99 Å².